The van der Waals surface area contributed by atoms with E-state index in [0.29, 0.717) is 21.9 Å². The van der Waals surface area contributed by atoms with Gasteiger partial charge in [0.25, 0.3) is 5.78 Å². The summed E-state index contributed by atoms with van der Waals surface area (Å²) in [7, 11) is 0. The number of piperazine rings is 1. The molecule has 3 aliphatic rings. The smallest absolute Gasteiger partial charge is 0.256 e. The molecule has 4 heterocycles. The van der Waals surface area contributed by atoms with Gasteiger partial charge in [-0.15, -0.1) is 0 Å². The molecule has 3 fully saturated rings. The second-order valence-corrected chi connectivity index (χ2v) is 10.2. The number of nitrogens with zero attached hydrogens (tertiary/aromatic N) is 7. The zero-order chi connectivity index (χ0) is 22.5. The SMILES string of the molecule is C[C@@H](Nc1cc(N2CC(N3CCN(C4CC4)CC3)C2)nc2ncnn12)c1ccc(Cl)cc1Cl. The minimum atomic E-state index is -0.0377. The van der Waals surface area contributed by atoms with Gasteiger partial charge in [0.1, 0.15) is 18.0 Å². The number of rotatable bonds is 6. The predicted octanol–water partition coefficient (Wildman–Crippen LogP) is 3.57. The van der Waals surface area contributed by atoms with Crippen LogP contribution in [-0.2, 0) is 0 Å². The number of anilines is 2. The Labute approximate surface area is 203 Å². The Balaban J connectivity index is 1.15. The summed E-state index contributed by atoms with van der Waals surface area (Å²) in [6.07, 6.45) is 4.33. The highest BCUT2D eigenvalue weighted by Crippen LogP contribution is 2.32. The quantitative estimate of drug-likeness (QED) is 0.571. The van der Waals surface area contributed by atoms with Gasteiger partial charge in [-0.05, 0) is 37.5 Å². The second-order valence-electron chi connectivity index (χ2n) is 9.37. The van der Waals surface area contributed by atoms with E-state index < -0.39 is 0 Å². The zero-order valence-electron chi connectivity index (χ0n) is 18.7. The van der Waals surface area contributed by atoms with Gasteiger partial charge in [-0.25, -0.2) is 0 Å². The van der Waals surface area contributed by atoms with Gasteiger partial charge in [0.2, 0.25) is 0 Å². The fourth-order valence-corrected chi connectivity index (χ4v) is 5.57. The number of fused-ring (bicyclic) bond motifs is 1. The first-order chi connectivity index (χ1) is 16.0. The Morgan fingerprint density at radius 2 is 1.73 bits per heavy atom. The first kappa shape index (κ1) is 21.4. The van der Waals surface area contributed by atoms with Crippen LogP contribution >= 0.6 is 23.2 Å². The highest BCUT2D eigenvalue weighted by Gasteiger charge is 2.37. The van der Waals surface area contributed by atoms with Crippen molar-refractivity contribution in [2.45, 2.75) is 37.9 Å². The molecule has 1 aliphatic carbocycles. The van der Waals surface area contributed by atoms with Crippen LogP contribution in [0, 0.1) is 0 Å². The van der Waals surface area contributed by atoms with E-state index in [9.17, 15) is 0 Å². The minimum Gasteiger partial charge on any atom is -0.363 e. The molecule has 0 bridgehead atoms. The molecule has 1 aromatic carbocycles. The van der Waals surface area contributed by atoms with Crippen LogP contribution in [0.2, 0.25) is 10.0 Å². The van der Waals surface area contributed by atoms with Crippen molar-refractivity contribution in [2.75, 3.05) is 49.5 Å². The number of hydrogen-bond donors (Lipinski definition) is 1. The third-order valence-electron chi connectivity index (χ3n) is 7.15. The minimum absolute atomic E-state index is 0.0377. The van der Waals surface area contributed by atoms with Crippen LogP contribution in [0.1, 0.15) is 31.4 Å². The van der Waals surface area contributed by atoms with Crippen molar-refractivity contribution >= 4 is 40.6 Å². The van der Waals surface area contributed by atoms with Crippen LogP contribution < -0.4 is 10.2 Å². The average molecular weight is 487 g/mol. The molecule has 1 saturated carbocycles. The summed E-state index contributed by atoms with van der Waals surface area (Å²) in [5.74, 6) is 2.36. The molecule has 0 unspecified atom stereocenters. The molecule has 2 saturated heterocycles. The van der Waals surface area contributed by atoms with Crippen molar-refractivity contribution in [3.63, 3.8) is 0 Å². The van der Waals surface area contributed by atoms with E-state index >= 15 is 0 Å². The molecule has 33 heavy (non-hydrogen) atoms. The van der Waals surface area contributed by atoms with Crippen molar-refractivity contribution in [3.05, 3.63) is 46.2 Å². The Kier molecular flexibility index (Phi) is 5.57. The lowest BCUT2D eigenvalue weighted by molar-refractivity contribution is 0.0791. The first-order valence-electron chi connectivity index (χ1n) is 11.7. The topological polar surface area (TPSA) is 64.8 Å². The van der Waals surface area contributed by atoms with Gasteiger partial charge in [-0.2, -0.15) is 19.6 Å². The molecule has 6 rings (SSSR count). The first-order valence-corrected chi connectivity index (χ1v) is 12.5. The van der Waals surface area contributed by atoms with Crippen molar-refractivity contribution in [1.29, 1.82) is 0 Å². The van der Waals surface area contributed by atoms with Crippen LogP contribution in [0.15, 0.2) is 30.6 Å². The summed E-state index contributed by atoms with van der Waals surface area (Å²) in [5.41, 5.74) is 0.974. The third-order valence-corrected chi connectivity index (χ3v) is 7.71. The van der Waals surface area contributed by atoms with Crippen molar-refractivity contribution in [2.24, 2.45) is 0 Å². The van der Waals surface area contributed by atoms with Crippen LogP contribution in [0.3, 0.4) is 0 Å². The van der Waals surface area contributed by atoms with Crippen LogP contribution in [0.25, 0.3) is 5.78 Å². The number of aromatic nitrogens is 4. The largest absolute Gasteiger partial charge is 0.363 e. The standard InChI is InChI=1S/C23H28Cl2N8/c1-15(19-5-2-16(24)10-20(19)25)28-22-11-21(29-23-26-14-27-33(22)23)32-12-18(13-32)31-8-6-30(7-9-31)17-3-4-17/h2,5,10-11,14-15,17-18,28H,3-4,6-9,12-13H2,1H3/t15-/m1/s1. The molecule has 8 nitrogen and oxygen atoms in total. The molecule has 3 aromatic rings. The van der Waals surface area contributed by atoms with E-state index in [1.807, 2.05) is 12.1 Å². The normalized spacial score (nSPS) is 21.4. The van der Waals surface area contributed by atoms with Gasteiger partial charge in [0, 0.05) is 67.5 Å². The van der Waals surface area contributed by atoms with E-state index in [4.69, 9.17) is 28.2 Å². The molecule has 0 spiro atoms. The molecule has 2 aliphatic heterocycles. The lowest BCUT2D eigenvalue weighted by Gasteiger charge is -2.48. The molecule has 0 radical (unpaired) electrons. The second kappa shape index (κ2) is 8.58. The maximum atomic E-state index is 6.43. The Hall–Kier alpha value is -2.13. The Morgan fingerprint density at radius 3 is 2.42 bits per heavy atom. The van der Waals surface area contributed by atoms with Crippen molar-refractivity contribution < 1.29 is 0 Å². The molecule has 0 amide bonds. The summed E-state index contributed by atoms with van der Waals surface area (Å²) >= 11 is 12.5. The average Bonchev–Trinajstić information content (AvgIpc) is 3.50. The highest BCUT2D eigenvalue weighted by atomic mass is 35.5. The molecule has 10 heteroatoms. The Morgan fingerprint density at radius 1 is 1.00 bits per heavy atom. The van der Waals surface area contributed by atoms with E-state index in [2.05, 4.69) is 43.1 Å². The third kappa shape index (κ3) is 4.25. The van der Waals surface area contributed by atoms with Crippen molar-refractivity contribution in [3.8, 4) is 0 Å². The Bertz CT molecular complexity index is 1150. The highest BCUT2D eigenvalue weighted by molar-refractivity contribution is 6.35. The summed E-state index contributed by atoms with van der Waals surface area (Å²) in [6.45, 7) is 8.85. The maximum absolute atomic E-state index is 6.43. The number of hydrogen-bond acceptors (Lipinski definition) is 7. The molecular weight excluding hydrogens is 459 g/mol. The van der Waals surface area contributed by atoms with Gasteiger partial charge < -0.3 is 10.2 Å². The van der Waals surface area contributed by atoms with E-state index in [-0.39, 0.29) is 6.04 Å². The predicted molar refractivity (Wildman–Crippen MR) is 131 cm³/mol. The lowest BCUT2D eigenvalue weighted by Crippen LogP contribution is -2.63. The molecule has 2 aromatic heterocycles. The monoisotopic (exact) mass is 486 g/mol. The van der Waals surface area contributed by atoms with Gasteiger partial charge in [0.05, 0.1) is 6.04 Å². The summed E-state index contributed by atoms with van der Waals surface area (Å²) < 4.78 is 1.73. The molecule has 1 N–H and O–H groups in total. The fraction of sp³-hybridized carbons (Fsp3) is 0.522. The van der Waals surface area contributed by atoms with Crippen molar-refractivity contribution in [1.82, 2.24) is 29.4 Å². The van der Waals surface area contributed by atoms with Crippen LogP contribution in [-0.4, -0.2) is 80.7 Å². The zero-order valence-corrected chi connectivity index (χ0v) is 20.2. The fourth-order valence-electron chi connectivity index (χ4n) is 5.00. The number of benzene rings is 1. The van der Waals surface area contributed by atoms with E-state index in [0.717, 1.165) is 36.3 Å². The molecular formula is C23H28Cl2N8. The maximum Gasteiger partial charge on any atom is 0.256 e. The van der Waals surface area contributed by atoms with E-state index in [1.165, 1.54) is 45.3 Å². The van der Waals surface area contributed by atoms with Gasteiger partial charge in [-0.1, -0.05) is 29.3 Å². The summed E-state index contributed by atoms with van der Waals surface area (Å²) in [6, 6.07) is 9.07. The number of halogens is 2. The summed E-state index contributed by atoms with van der Waals surface area (Å²) in [4.78, 5) is 16.7. The lowest BCUT2D eigenvalue weighted by atomic mass is 10.1. The van der Waals surface area contributed by atoms with Crippen LogP contribution in [0.5, 0.6) is 0 Å². The van der Waals surface area contributed by atoms with Gasteiger partial charge in [-0.3, -0.25) is 9.80 Å². The number of nitrogens with one attached hydrogen (secondary N) is 1. The van der Waals surface area contributed by atoms with Crippen LogP contribution in [0.4, 0.5) is 11.6 Å². The summed E-state index contributed by atoms with van der Waals surface area (Å²) in [5, 5.41) is 9.16. The van der Waals surface area contributed by atoms with Gasteiger partial charge >= 0.3 is 0 Å². The molecule has 174 valence electrons. The van der Waals surface area contributed by atoms with E-state index in [1.54, 1.807) is 10.6 Å². The van der Waals surface area contributed by atoms with Gasteiger partial charge in [0.15, 0.2) is 0 Å². The molecule has 1 atom stereocenters.